The lowest BCUT2D eigenvalue weighted by Gasteiger charge is -2.43. The van der Waals surface area contributed by atoms with Crippen molar-refractivity contribution >= 4 is 17.4 Å². The molecule has 2 aliphatic heterocycles. The lowest BCUT2D eigenvalue weighted by Crippen LogP contribution is -2.55. The van der Waals surface area contributed by atoms with Gasteiger partial charge in [0.05, 0.1) is 43.1 Å². The van der Waals surface area contributed by atoms with E-state index in [-0.39, 0.29) is 30.2 Å². The van der Waals surface area contributed by atoms with E-state index in [9.17, 15) is 14.4 Å². The number of hydrogen-bond acceptors (Lipinski definition) is 8. The first-order valence-electron chi connectivity index (χ1n) is 15.1. The predicted octanol–water partition coefficient (Wildman–Crippen LogP) is 4.40. The van der Waals surface area contributed by atoms with Crippen LogP contribution in [0.5, 0.6) is 6.01 Å². The SMILES string of the molecule is C=C(F)C(=O)N1CCN(c2nc(OCC3(CN(C)C)CCC3)nc3c2CCCN(c2c(C)cccc2F)C3)C[C@@H]1CC#N. The van der Waals surface area contributed by atoms with Crippen LogP contribution in [0.2, 0.25) is 0 Å². The molecule has 2 fully saturated rings. The number of rotatable bonds is 9. The van der Waals surface area contributed by atoms with Crippen molar-refractivity contribution in [2.24, 2.45) is 5.41 Å². The van der Waals surface area contributed by atoms with Crippen molar-refractivity contribution in [3.8, 4) is 12.1 Å². The van der Waals surface area contributed by atoms with Gasteiger partial charge in [0, 0.05) is 43.7 Å². The molecule has 43 heavy (non-hydrogen) atoms. The molecule has 230 valence electrons. The summed E-state index contributed by atoms with van der Waals surface area (Å²) in [6.07, 6.45) is 4.83. The van der Waals surface area contributed by atoms with E-state index in [4.69, 9.17) is 14.7 Å². The summed E-state index contributed by atoms with van der Waals surface area (Å²) in [4.78, 5) is 30.0. The number of nitriles is 1. The number of carbonyl (C=O) groups excluding carboxylic acids is 1. The van der Waals surface area contributed by atoms with Gasteiger partial charge in [-0.15, -0.1) is 0 Å². The highest BCUT2D eigenvalue weighted by molar-refractivity contribution is 5.91. The number of para-hydroxylation sites is 1. The second-order valence-electron chi connectivity index (χ2n) is 12.4. The van der Waals surface area contributed by atoms with Crippen molar-refractivity contribution < 1.29 is 18.3 Å². The van der Waals surface area contributed by atoms with Crippen LogP contribution in [0.15, 0.2) is 30.6 Å². The van der Waals surface area contributed by atoms with Gasteiger partial charge in [0.25, 0.3) is 5.91 Å². The highest BCUT2D eigenvalue weighted by Crippen LogP contribution is 2.42. The van der Waals surface area contributed by atoms with Crippen molar-refractivity contribution in [1.82, 2.24) is 19.8 Å². The normalized spacial score (nSPS) is 19.7. The molecule has 2 aromatic rings. The zero-order chi connectivity index (χ0) is 30.7. The standard InChI is InChI=1S/C32H41F2N7O2/c1-22-8-5-10-26(34)28(22)39-15-6-9-25-27(19-39)36-31(43-21-32(12-7-13-32)20-38(3)4)37-29(25)40-16-17-41(30(42)23(2)33)24(18-40)11-14-35/h5,8,10,24H,2,6-7,9,11-13,15-21H2,1,3-4H3/t24-/m0/s1. The predicted molar refractivity (Wildman–Crippen MR) is 161 cm³/mol. The summed E-state index contributed by atoms with van der Waals surface area (Å²) >= 11 is 0. The van der Waals surface area contributed by atoms with Crippen LogP contribution in [0, 0.1) is 29.5 Å². The van der Waals surface area contributed by atoms with Gasteiger partial charge in [-0.25, -0.2) is 8.78 Å². The number of anilines is 2. The Morgan fingerprint density at radius 1 is 1.21 bits per heavy atom. The molecule has 1 atom stereocenters. The van der Waals surface area contributed by atoms with Crippen LogP contribution >= 0.6 is 0 Å². The van der Waals surface area contributed by atoms with Crippen molar-refractivity contribution in [1.29, 1.82) is 5.26 Å². The lowest BCUT2D eigenvalue weighted by atomic mass is 9.69. The molecule has 1 aromatic carbocycles. The maximum absolute atomic E-state index is 15.1. The van der Waals surface area contributed by atoms with Gasteiger partial charge in [-0.1, -0.05) is 25.1 Å². The Balaban J connectivity index is 1.50. The van der Waals surface area contributed by atoms with Crippen LogP contribution in [-0.4, -0.2) is 85.1 Å². The number of aromatic nitrogens is 2. The Hall–Kier alpha value is -3.78. The Morgan fingerprint density at radius 3 is 2.65 bits per heavy atom. The summed E-state index contributed by atoms with van der Waals surface area (Å²) < 4.78 is 35.2. The lowest BCUT2D eigenvalue weighted by molar-refractivity contribution is -0.131. The van der Waals surface area contributed by atoms with Gasteiger partial charge >= 0.3 is 6.01 Å². The number of fused-ring (bicyclic) bond motifs is 1. The number of nitrogens with zero attached hydrogens (tertiary/aromatic N) is 7. The molecule has 1 aliphatic carbocycles. The zero-order valence-corrected chi connectivity index (χ0v) is 25.4. The van der Waals surface area contributed by atoms with E-state index in [0.29, 0.717) is 50.7 Å². The van der Waals surface area contributed by atoms with E-state index >= 15 is 4.39 Å². The largest absolute Gasteiger partial charge is 0.463 e. The fourth-order valence-corrected chi connectivity index (χ4v) is 6.79. The highest BCUT2D eigenvalue weighted by Gasteiger charge is 2.39. The van der Waals surface area contributed by atoms with Crippen molar-refractivity contribution in [2.45, 2.75) is 58.0 Å². The summed E-state index contributed by atoms with van der Waals surface area (Å²) in [5.74, 6) is -1.38. The van der Waals surface area contributed by atoms with Crippen LogP contribution in [-0.2, 0) is 17.8 Å². The number of halogens is 2. The van der Waals surface area contributed by atoms with E-state index < -0.39 is 17.8 Å². The van der Waals surface area contributed by atoms with Gasteiger partial charge in [-0.2, -0.15) is 15.2 Å². The third-order valence-electron chi connectivity index (χ3n) is 8.93. The first kappa shape index (κ1) is 30.7. The molecule has 1 saturated heterocycles. The van der Waals surface area contributed by atoms with E-state index in [2.05, 4.69) is 36.5 Å². The van der Waals surface area contributed by atoms with E-state index in [1.165, 1.54) is 17.4 Å². The number of hydrogen-bond donors (Lipinski definition) is 0. The Morgan fingerprint density at radius 2 is 2.00 bits per heavy atom. The molecule has 0 spiro atoms. The maximum Gasteiger partial charge on any atom is 0.318 e. The molecular weight excluding hydrogens is 552 g/mol. The summed E-state index contributed by atoms with van der Waals surface area (Å²) in [5.41, 5.74) is 3.22. The van der Waals surface area contributed by atoms with Crippen LogP contribution in [0.4, 0.5) is 20.3 Å². The number of aryl methyl sites for hydroxylation is 1. The Kier molecular flexibility index (Phi) is 9.16. The van der Waals surface area contributed by atoms with Crippen molar-refractivity contribution in [3.63, 3.8) is 0 Å². The molecular formula is C32H41F2N7O2. The second-order valence-corrected chi connectivity index (χ2v) is 12.4. The van der Waals surface area contributed by atoms with Gasteiger partial charge in [0.15, 0.2) is 5.83 Å². The van der Waals surface area contributed by atoms with Crippen molar-refractivity contribution in [2.75, 3.05) is 63.2 Å². The van der Waals surface area contributed by atoms with E-state index in [1.54, 1.807) is 6.07 Å². The third kappa shape index (κ3) is 6.59. The first-order valence-corrected chi connectivity index (χ1v) is 15.1. The fourth-order valence-electron chi connectivity index (χ4n) is 6.79. The average Bonchev–Trinajstić information content (AvgIpc) is 3.16. The summed E-state index contributed by atoms with van der Waals surface area (Å²) in [6.45, 7) is 8.49. The molecule has 0 unspecified atom stereocenters. The minimum atomic E-state index is -1.03. The Labute approximate surface area is 252 Å². The maximum atomic E-state index is 15.1. The molecule has 9 nitrogen and oxygen atoms in total. The van der Waals surface area contributed by atoms with E-state index in [1.807, 2.05) is 17.9 Å². The fraction of sp³-hybridized carbons (Fsp3) is 0.562. The zero-order valence-electron chi connectivity index (χ0n) is 25.4. The second kappa shape index (κ2) is 12.8. The molecule has 3 aliphatic rings. The number of carbonyl (C=O) groups is 1. The first-order chi connectivity index (χ1) is 20.6. The number of amides is 1. The van der Waals surface area contributed by atoms with Gasteiger partial charge < -0.3 is 24.3 Å². The molecule has 11 heteroatoms. The molecule has 0 N–H and O–H groups in total. The quantitative estimate of drug-likeness (QED) is 0.396. The van der Waals surface area contributed by atoms with Gasteiger partial charge in [-0.3, -0.25) is 4.79 Å². The number of ether oxygens (including phenoxy) is 1. The smallest absolute Gasteiger partial charge is 0.318 e. The topological polar surface area (TPSA) is 88.8 Å². The van der Waals surface area contributed by atoms with Crippen LogP contribution in [0.1, 0.15) is 48.9 Å². The monoisotopic (exact) mass is 593 g/mol. The summed E-state index contributed by atoms with van der Waals surface area (Å²) in [6, 6.07) is 7.01. The third-order valence-corrected chi connectivity index (χ3v) is 8.93. The molecule has 0 bridgehead atoms. The summed E-state index contributed by atoms with van der Waals surface area (Å²) in [7, 11) is 4.13. The van der Waals surface area contributed by atoms with Gasteiger partial charge in [0.2, 0.25) is 0 Å². The van der Waals surface area contributed by atoms with Crippen LogP contribution < -0.4 is 14.5 Å². The van der Waals surface area contributed by atoms with Crippen LogP contribution in [0.3, 0.4) is 0 Å². The highest BCUT2D eigenvalue weighted by atomic mass is 19.1. The molecule has 3 heterocycles. The van der Waals surface area contributed by atoms with E-state index in [0.717, 1.165) is 42.6 Å². The molecule has 0 radical (unpaired) electrons. The van der Waals surface area contributed by atoms with Crippen molar-refractivity contribution in [3.05, 3.63) is 53.2 Å². The summed E-state index contributed by atoms with van der Waals surface area (Å²) in [5, 5.41) is 9.50. The van der Waals surface area contributed by atoms with Gasteiger partial charge in [-0.05, 0) is 58.3 Å². The Bertz CT molecular complexity index is 1380. The molecule has 1 amide bonds. The molecule has 5 rings (SSSR count). The van der Waals surface area contributed by atoms with Crippen LogP contribution in [0.25, 0.3) is 0 Å². The van der Waals surface area contributed by atoms with Gasteiger partial charge in [0.1, 0.15) is 11.6 Å². The minimum absolute atomic E-state index is 0.0504. The minimum Gasteiger partial charge on any atom is -0.463 e. The number of piperazine rings is 1. The molecule has 1 aromatic heterocycles. The molecule has 1 saturated carbocycles. The number of benzene rings is 1. The average molecular weight is 594 g/mol.